The van der Waals surface area contributed by atoms with E-state index in [1.54, 1.807) is 13.3 Å². The normalized spacial score (nSPS) is 9.93. The van der Waals surface area contributed by atoms with Crippen molar-refractivity contribution >= 4 is 21.9 Å². The molecule has 0 bridgehead atoms. The van der Waals surface area contributed by atoms with Gasteiger partial charge in [-0.05, 0) is 23.0 Å². The summed E-state index contributed by atoms with van der Waals surface area (Å²) in [6.45, 7) is 1.64. The third kappa shape index (κ3) is 3.12. The zero-order valence-electron chi connectivity index (χ0n) is 8.17. The van der Waals surface area contributed by atoms with Gasteiger partial charge < -0.3 is 15.4 Å². The molecule has 0 unspecified atom stereocenters. The largest absolute Gasteiger partial charge is 0.480 e. The summed E-state index contributed by atoms with van der Waals surface area (Å²) in [6, 6.07) is 0. The SMILES string of the molecule is CNCCNc1ncc(Br)c(OC)n1. The summed E-state index contributed by atoms with van der Waals surface area (Å²) < 4.78 is 5.79. The fraction of sp³-hybridized carbons (Fsp3) is 0.500. The van der Waals surface area contributed by atoms with Gasteiger partial charge in [0, 0.05) is 13.1 Å². The van der Waals surface area contributed by atoms with E-state index in [9.17, 15) is 0 Å². The minimum absolute atomic E-state index is 0.534. The van der Waals surface area contributed by atoms with Gasteiger partial charge in [0.05, 0.1) is 17.8 Å². The van der Waals surface area contributed by atoms with Crippen molar-refractivity contribution in [3.8, 4) is 5.88 Å². The van der Waals surface area contributed by atoms with E-state index in [0.717, 1.165) is 17.6 Å². The summed E-state index contributed by atoms with van der Waals surface area (Å²) in [5.74, 6) is 1.10. The topological polar surface area (TPSA) is 59.1 Å². The predicted molar refractivity (Wildman–Crippen MR) is 58.7 cm³/mol. The molecule has 0 aromatic carbocycles. The first kappa shape index (κ1) is 11.2. The zero-order valence-corrected chi connectivity index (χ0v) is 9.76. The Kier molecular flexibility index (Phi) is 4.61. The number of rotatable bonds is 5. The highest BCUT2D eigenvalue weighted by molar-refractivity contribution is 9.10. The third-order valence-electron chi connectivity index (χ3n) is 1.56. The maximum atomic E-state index is 5.04. The molecule has 1 heterocycles. The standard InChI is InChI=1S/C8H13BrN4O/c1-10-3-4-11-8-12-5-6(9)7(13-8)14-2/h5,10H,3-4H2,1-2H3,(H,11,12,13). The summed E-state index contributed by atoms with van der Waals surface area (Å²) in [4.78, 5) is 8.23. The summed E-state index contributed by atoms with van der Waals surface area (Å²) in [5, 5.41) is 6.08. The number of ether oxygens (including phenoxy) is 1. The number of likely N-dealkylation sites (N-methyl/N-ethyl adjacent to an activating group) is 1. The molecule has 0 fully saturated rings. The molecular formula is C8H13BrN4O. The van der Waals surface area contributed by atoms with E-state index in [2.05, 4.69) is 36.5 Å². The zero-order chi connectivity index (χ0) is 10.4. The van der Waals surface area contributed by atoms with Crippen LogP contribution in [-0.2, 0) is 0 Å². The Morgan fingerprint density at radius 1 is 1.50 bits per heavy atom. The maximum Gasteiger partial charge on any atom is 0.232 e. The minimum atomic E-state index is 0.534. The number of methoxy groups -OCH3 is 1. The number of anilines is 1. The summed E-state index contributed by atoms with van der Waals surface area (Å²) in [5.41, 5.74) is 0. The van der Waals surface area contributed by atoms with E-state index in [4.69, 9.17) is 4.74 Å². The van der Waals surface area contributed by atoms with Crippen LogP contribution >= 0.6 is 15.9 Å². The van der Waals surface area contributed by atoms with Crippen LogP contribution in [0.2, 0.25) is 0 Å². The minimum Gasteiger partial charge on any atom is -0.480 e. The third-order valence-corrected chi connectivity index (χ3v) is 2.11. The fourth-order valence-electron chi connectivity index (χ4n) is 0.879. The van der Waals surface area contributed by atoms with Crippen LogP contribution in [0.15, 0.2) is 10.7 Å². The first-order valence-corrected chi connectivity index (χ1v) is 5.02. The van der Waals surface area contributed by atoms with Gasteiger partial charge >= 0.3 is 0 Å². The van der Waals surface area contributed by atoms with Crippen LogP contribution in [0.25, 0.3) is 0 Å². The van der Waals surface area contributed by atoms with Crippen molar-refractivity contribution in [1.82, 2.24) is 15.3 Å². The van der Waals surface area contributed by atoms with Crippen molar-refractivity contribution in [2.45, 2.75) is 0 Å². The van der Waals surface area contributed by atoms with E-state index < -0.39 is 0 Å². The molecule has 0 atom stereocenters. The van der Waals surface area contributed by atoms with Gasteiger partial charge in [-0.3, -0.25) is 0 Å². The van der Waals surface area contributed by atoms with Crippen molar-refractivity contribution in [3.05, 3.63) is 10.7 Å². The lowest BCUT2D eigenvalue weighted by atomic mass is 10.6. The number of halogens is 1. The van der Waals surface area contributed by atoms with E-state index in [1.165, 1.54) is 0 Å². The molecule has 0 aliphatic heterocycles. The molecule has 0 aliphatic rings. The van der Waals surface area contributed by atoms with E-state index in [1.807, 2.05) is 7.05 Å². The Balaban J connectivity index is 2.60. The smallest absolute Gasteiger partial charge is 0.232 e. The van der Waals surface area contributed by atoms with Crippen LogP contribution in [0.5, 0.6) is 5.88 Å². The van der Waals surface area contributed by atoms with Gasteiger partial charge in [0.1, 0.15) is 0 Å². The summed E-state index contributed by atoms with van der Waals surface area (Å²) >= 11 is 3.28. The lowest BCUT2D eigenvalue weighted by Crippen LogP contribution is -2.18. The predicted octanol–water partition coefficient (Wildman–Crippen LogP) is 0.879. The molecule has 1 aromatic rings. The fourth-order valence-corrected chi connectivity index (χ4v) is 1.23. The molecule has 0 saturated heterocycles. The molecular weight excluding hydrogens is 248 g/mol. The molecule has 14 heavy (non-hydrogen) atoms. The second-order valence-corrected chi connectivity index (χ2v) is 3.44. The number of hydrogen-bond acceptors (Lipinski definition) is 5. The van der Waals surface area contributed by atoms with Gasteiger partial charge in [-0.15, -0.1) is 0 Å². The Labute approximate surface area is 91.4 Å². The Hall–Kier alpha value is -0.880. The van der Waals surface area contributed by atoms with E-state index in [0.29, 0.717) is 11.8 Å². The van der Waals surface area contributed by atoms with Crippen LogP contribution in [0, 0.1) is 0 Å². The molecule has 1 aromatic heterocycles. The molecule has 0 spiro atoms. The molecule has 0 amide bonds. The van der Waals surface area contributed by atoms with Gasteiger partial charge in [-0.25, -0.2) is 4.98 Å². The summed E-state index contributed by atoms with van der Waals surface area (Å²) in [7, 11) is 3.47. The number of aromatic nitrogens is 2. The molecule has 1 rings (SSSR count). The molecule has 2 N–H and O–H groups in total. The van der Waals surface area contributed by atoms with Crippen molar-refractivity contribution in [2.75, 3.05) is 32.6 Å². The van der Waals surface area contributed by atoms with Crippen molar-refractivity contribution in [1.29, 1.82) is 0 Å². The lowest BCUT2D eigenvalue weighted by Gasteiger charge is -2.06. The van der Waals surface area contributed by atoms with Gasteiger partial charge in [0.25, 0.3) is 0 Å². The van der Waals surface area contributed by atoms with Gasteiger partial charge in [0.2, 0.25) is 11.8 Å². The molecule has 6 heteroatoms. The van der Waals surface area contributed by atoms with Crippen molar-refractivity contribution in [2.24, 2.45) is 0 Å². The highest BCUT2D eigenvalue weighted by Crippen LogP contribution is 2.21. The molecule has 0 aliphatic carbocycles. The highest BCUT2D eigenvalue weighted by atomic mass is 79.9. The molecule has 5 nitrogen and oxygen atoms in total. The number of nitrogens with zero attached hydrogens (tertiary/aromatic N) is 2. The number of nitrogens with one attached hydrogen (secondary N) is 2. The van der Waals surface area contributed by atoms with Gasteiger partial charge in [-0.1, -0.05) is 0 Å². The van der Waals surface area contributed by atoms with Crippen LogP contribution in [0.3, 0.4) is 0 Å². The van der Waals surface area contributed by atoms with Crippen LogP contribution in [0.4, 0.5) is 5.95 Å². The van der Waals surface area contributed by atoms with Gasteiger partial charge in [-0.2, -0.15) is 4.98 Å². The van der Waals surface area contributed by atoms with Crippen molar-refractivity contribution in [3.63, 3.8) is 0 Å². The first-order valence-electron chi connectivity index (χ1n) is 4.23. The van der Waals surface area contributed by atoms with Crippen molar-refractivity contribution < 1.29 is 4.74 Å². The molecule has 0 saturated carbocycles. The molecule has 0 radical (unpaired) electrons. The highest BCUT2D eigenvalue weighted by Gasteiger charge is 2.03. The quantitative estimate of drug-likeness (QED) is 0.770. The number of hydrogen-bond donors (Lipinski definition) is 2. The average Bonchev–Trinajstić information content (AvgIpc) is 2.21. The lowest BCUT2D eigenvalue weighted by molar-refractivity contribution is 0.394. The second kappa shape index (κ2) is 5.77. The second-order valence-electron chi connectivity index (χ2n) is 2.58. The van der Waals surface area contributed by atoms with Crippen LogP contribution < -0.4 is 15.4 Å². The van der Waals surface area contributed by atoms with Crippen LogP contribution in [0.1, 0.15) is 0 Å². The monoisotopic (exact) mass is 260 g/mol. The Morgan fingerprint density at radius 3 is 2.93 bits per heavy atom. The van der Waals surface area contributed by atoms with E-state index in [-0.39, 0.29) is 0 Å². The van der Waals surface area contributed by atoms with Gasteiger partial charge in [0.15, 0.2) is 0 Å². The summed E-state index contributed by atoms with van der Waals surface area (Å²) in [6.07, 6.45) is 1.66. The first-order chi connectivity index (χ1) is 6.77. The Morgan fingerprint density at radius 2 is 2.29 bits per heavy atom. The Bertz CT molecular complexity index is 295. The van der Waals surface area contributed by atoms with Crippen LogP contribution in [-0.4, -0.2) is 37.2 Å². The van der Waals surface area contributed by atoms with E-state index >= 15 is 0 Å². The maximum absolute atomic E-state index is 5.04. The molecule has 78 valence electrons. The average molecular weight is 261 g/mol.